The SMILES string of the molecule is CCCCCCCCCCCCCCCCC(N)(c1ccccn1)c1ccccn1. The molecular formula is C27H43N3. The molecule has 3 nitrogen and oxygen atoms in total. The molecular weight excluding hydrogens is 366 g/mol. The molecule has 0 amide bonds. The maximum absolute atomic E-state index is 6.86. The van der Waals surface area contributed by atoms with Crippen LogP contribution in [0.25, 0.3) is 0 Å². The van der Waals surface area contributed by atoms with Crippen molar-refractivity contribution in [3.8, 4) is 0 Å². The lowest BCUT2D eigenvalue weighted by molar-refractivity contribution is 0.430. The van der Waals surface area contributed by atoms with Crippen LogP contribution in [0.2, 0.25) is 0 Å². The number of hydrogen-bond acceptors (Lipinski definition) is 3. The number of nitrogens with two attached hydrogens (primary N) is 1. The molecule has 0 aliphatic heterocycles. The van der Waals surface area contributed by atoms with E-state index in [0.717, 1.165) is 24.2 Å². The van der Waals surface area contributed by atoms with Crippen molar-refractivity contribution in [2.24, 2.45) is 5.73 Å². The lowest BCUT2D eigenvalue weighted by Crippen LogP contribution is -2.39. The summed E-state index contributed by atoms with van der Waals surface area (Å²) in [6.45, 7) is 2.29. The number of pyridine rings is 2. The molecule has 0 atom stereocenters. The van der Waals surface area contributed by atoms with Crippen LogP contribution in [-0.2, 0) is 5.54 Å². The van der Waals surface area contributed by atoms with E-state index in [2.05, 4.69) is 16.9 Å². The highest BCUT2D eigenvalue weighted by Gasteiger charge is 2.31. The second-order valence-electron chi connectivity index (χ2n) is 8.75. The van der Waals surface area contributed by atoms with Gasteiger partial charge in [-0.25, -0.2) is 0 Å². The van der Waals surface area contributed by atoms with Gasteiger partial charge in [0.25, 0.3) is 0 Å². The van der Waals surface area contributed by atoms with E-state index in [9.17, 15) is 0 Å². The smallest absolute Gasteiger partial charge is 0.101 e. The van der Waals surface area contributed by atoms with Crippen LogP contribution >= 0.6 is 0 Å². The van der Waals surface area contributed by atoms with E-state index in [1.54, 1.807) is 0 Å². The summed E-state index contributed by atoms with van der Waals surface area (Å²) in [6.07, 6.45) is 23.7. The summed E-state index contributed by atoms with van der Waals surface area (Å²) >= 11 is 0. The summed E-state index contributed by atoms with van der Waals surface area (Å²) in [7, 11) is 0. The Kier molecular flexibility index (Phi) is 12.4. The molecule has 0 spiro atoms. The Morgan fingerprint density at radius 3 is 1.37 bits per heavy atom. The Balaban J connectivity index is 1.59. The van der Waals surface area contributed by atoms with Gasteiger partial charge in [0.1, 0.15) is 5.54 Å². The van der Waals surface area contributed by atoms with Gasteiger partial charge in [-0.3, -0.25) is 9.97 Å². The van der Waals surface area contributed by atoms with Crippen molar-refractivity contribution in [2.75, 3.05) is 0 Å². The second-order valence-corrected chi connectivity index (χ2v) is 8.75. The van der Waals surface area contributed by atoms with Gasteiger partial charge < -0.3 is 5.73 Å². The first kappa shape index (κ1) is 24.5. The van der Waals surface area contributed by atoms with Crippen molar-refractivity contribution in [1.29, 1.82) is 0 Å². The van der Waals surface area contributed by atoms with E-state index < -0.39 is 5.54 Å². The lowest BCUT2D eigenvalue weighted by Gasteiger charge is -2.28. The molecule has 0 saturated heterocycles. The highest BCUT2D eigenvalue weighted by atomic mass is 14.9. The lowest BCUT2D eigenvalue weighted by atomic mass is 9.85. The standard InChI is InChI=1S/C27H43N3/c1-2-3-4-5-6-7-8-9-10-11-12-13-14-17-22-27(28,25-20-15-18-23-29-25)26-21-16-19-24-30-26/h15-16,18-21,23-24H,2-14,17,22,28H2,1H3. The van der Waals surface area contributed by atoms with E-state index >= 15 is 0 Å². The van der Waals surface area contributed by atoms with E-state index in [4.69, 9.17) is 5.73 Å². The molecule has 0 radical (unpaired) electrons. The normalized spacial score (nSPS) is 11.7. The van der Waals surface area contributed by atoms with Crippen LogP contribution in [0.4, 0.5) is 0 Å². The van der Waals surface area contributed by atoms with Crippen molar-refractivity contribution >= 4 is 0 Å². The highest BCUT2D eigenvalue weighted by molar-refractivity contribution is 5.29. The Morgan fingerprint density at radius 1 is 0.600 bits per heavy atom. The average Bonchev–Trinajstić information content (AvgIpc) is 2.80. The van der Waals surface area contributed by atoms with E-state index in [1.165, 1.54) is 83.5 Å². The molecule has 0 aliphatic rings. The molecule has 0 fully saturated rings. The number of hydrogen-bond donors (Lipinski definition) is 1. The van der Waals surface area contributed by atoms with Gasteiger partial charge in [0.15, 0.2) is 0 Å². The third-order valence-electron chi connectivity index (χ3n) is 6.17. The highest BCUT2D eigenvalue weighted by Crippen LogP contribution is 2.29. The molecule has 2 aromatic heterocycles. The molecule has 0 aliphatic carbocycles. The predicted molar refractivity (Wildman–Crippen MR) is 128 cm³/mol. The zero-order valence-electron chi connectivity index (χ0n) is 19.2. The molecule has 2 heterocycles. The van der Waals surface area contributed by atoms with E-state index in [1.807, 2.05) is 48.8 Å². The Hall–Kier alpha value is -1.74. The molecule has 0 aromatic carbocycles. The zero-order chi connectivity index (χ0) is 21.3. The van der Waals surface area contributed by atoms with Crippen molar-refractivity contribution in [2.45, 2.75) is 109 Å². The first-order chi connectivity index (χ1) is 14.8. The Bertz CT molecular complexity index is 602. The molecule has 0 bridgehead atoms. The number of nitrogens with zero attached hydrogens (tertiary/aromatic N) is 2. The first-order valence-corrected chi connectivity index (χ1v) is 12.4. The molecule has 3 heteroatoms. The average molecular weight is 410 g/mol. The van der Waals surface area contributed by atoms with Gasteiger partial charge >= 0.3 is 0 Å². The van der Waals surface area contributed by atoms with Crippen LogP contribution in [0.15, 0.2) is 48.8 Å². The van der Waals surface area contributed by atoms with E-state index in [0.29, 0.717) is 0 Å². The van der Waals surface area contributed by atoms with Gasteiger partial charge in [0.2, 0.25) is 0 Å². The molecule has 2 aromatic rings. The predicted octanol–water partition coefficient (Wildman–Crippen LogP) is 7.55. The van der Waals surface area contributed by atoms with Gasteiger partial charge in [0, 0.05) is 12.4 Å². The maximum atomic E-state index is 6.86. The quantitative estimate of drug-likeness (QED) is 0.274. The van der Waals surface area contributed by atoms with Crippen LogP contribution in [0.5, 0.6) is 0 Å². The fourth-order valence-electron chi connectivity index (χ4n) is 4.24. The van der Waals surface area contributed by atoms with Crippen LogP contribution in [-0.4, -0.2) is 9.97 Å². The van der Waals surface area contributed by atoms with Crippen molar-refractivity contribution < 1.29 is 0 Å². The topological polar surface area (TPSA) is 51.8 Å². The summed E-state index contributed by atoms with van der Waals surface area (Å²) in [5.74, 6) is 0. The van der Waals surface area contributed by atoms with Gasteiger partial charge in [-0.15, -0.1) is 0 Å². The van der Waals surface area contributed by atoms with Crippen molar-refractivity contribution in [3.63, 3.8) is 0 Å². The van der Waals surface area contributed by atoms with Gasteiger partial charge in [-0.05, 0) is 30.7 Å². The minimum atomic E-state index is -0.598. The van der Waals surface area contributed by atoms with Crippen molar-refractivity contribution in [3.05, 3.63) is 60.2 Å². The fraction of sp³-hybridized carbons (Fsp3) is 0.630. The van der Waals surface area contributed by atoms with E-state index in [-0.39, 0.29) is 0 Å². The number of rotatable bonds is 17. The Labute approximate surface area is 184 Å². The number of unbranched alkanes of at least 4 members (excludes halogenated alkanes) is 13. The minimum Gasteiger partial charge on any atom is -0.315 e. The largest absolute Gasteiger partial charge is 0.315 e. The molecule has 0 saturated carbocycles. The van der Waals surface area contributed by atoms with Crippen LogP contribution < -0.4 is 5.73 Å². The molecule has 166 valence electrons. The summed E-state index contributed by atoms with van der Waals surface area (Å²) in [4.78, 5) is 9.09. The maximum Gasteiger partial charge on any atom is 0.101 e. The minimum absolute atomic E-state index is 0.598. The molecule has 30 heavy (non-hydrogen) atoms. The summed E-state index contributed by atoms with van der Waals surface area (Å²) in [5, 5.41) is 0. The van der Waals surface area contributed by atoms with Crippen LogP contribution in [0.1, 0.15) is 115 Å². The first-order valence-electron chi connectivity index (χ1n) is 12.4. The van der Waals surface area contributed by atoms with Gasteiger partial charge in [0.05, 0.1) is 11.4 Å². The third kappa shape index (κ3) is 8.95. The Morgan fingerprint density at radius 2 is 1.00 bits per heavy atom. The van der Waals surface area contributed by atoms with Crippen LogP contribution in [0, 0.1) is 0 Å². The third-order valence-corrected chi connectivity index (χ3v) is 6.17. The van der Waals surface area contributed by atoms with Gasteiger partial charge in [-0.1, -0.05) is 109 Å². The number of aromatic nitrogens is 2. The molecule has 2 N–H and O–H groups in total. The summed E-state index contributed by atoms with van der Waals surface area (Å²) in [6, 6.07) is 12.0. The van der Waals surface area contributed by atoms with Gasteiger partial charge in [-0.2, -0.15) is 0 Å². The monoisotopic (exact) mass is 409 g/mol. The zero-order valence-corrected chi connectivity index (χ0v) is 19.2. The fourth-order valence-corrected chi connectivity index (χ4v) is 4.24. The molecule has 0 unspecified atom stereocenters. The molecule has 2 rings (SSSR count). The van der Waals surface area contributed by atoms with Crippen LogP contribution in [0.3, 0.4) is 0 Å². The van der Waals surface area contributed by atoms with Crippen molar-refractivity contribution in [1.82, 2.24) is 9.97 Å². The second kappa shape index (κ2) is 15.1. The summed E-state index contributed by atoms with van der Waals surface area (Å²) < 4.78 is 0. The summed E-state index contributed by atoms with van der Waals surface area (Å²) in [5.41, 5.74) is 8.10.